The predicted molar refractivity (Wildman–Crippen MR) is 149 cm³/mol. The normalized spacial score (nSPS) is 15.4. The van der Waals surface area contributed by atoms with Crippen LogP contribution in [0.25, 0.3) is 11.4 Å². The van der Waals surface area contributed by atoms with Crippen molar-refractivity contribution in [2.45, 2.75) is 77.9 Å². The van der Waals surface area contributed by atoms with Gasteiger partial charge in [-0.15, -0.1) is 32.9 Å². The summed E-state index contributed by atoms with van der Waals surface area (Å²) in [5, 5.41) is 15.3. The lowest BCUT2D eigenvalue weighted by Gasteiger charge is -2.18. The molecular formula is C26H34N4O3S3. The fourth-order valence-corrected chi connectivity index (χ4v) is 7.55. The van der Waals surface area contributed by atoms with E-state index in [9.17, 15) is 9.59 Å². The highest BCUT2D eigenvalue weighted by Gasteiger charge is 2.29. The van der Waals surface area contributed by atoms with E-state index in [-0.39, 0.29) is 23.7 Å². The van der Waals surface area contributed by atoms with E-state index in [1.54, 1.807) is 18.3 Å². The van der Waals surface area contributed by atoms with Gasteiger partial charge in [-0.25, -0.2) is 4.79 Å². The minimum Gasteiger partial charge on any atom is -0.462 e. The Morgan fingerprint density at radius 1 is 1.28 bits per heavy atom. The molecule has 1 aliphatic carbocycles. The first-order valence-corrected chi connectivity index (χ1v) is 15.2. The summed E-state index contributed by atoms with van der Waals surface area (Å²) in [6, 6.07) is 2.32. The van der Waals surface area contributed by atoms with E-state index in [4.69, 9.17) is 4.74 Å². The molecule has 36 heavy (non-hydrogen) atoms. The van der Waals surface area contributed by atoms with Crippen molar-refractivity contribution in [2.75, 3.05) is 17.7 Å². The summed E-state index contributed by atoms with van der Waals surface area (Å²) in [5.41, 5.74) is 2.63. The number of carbonyl (C=O) groups is 2. The Morgan fingerprint density at radius 3 is 2.72 bits per heavy atom. The molecule has 0 saturated carbocycles. The molecule has 3 aromatic rings. The number of hydrogen-bond donors (Lipinski definition) is 1. The van der Waals surface area contributed by atoms with E-state index in [0.717, 1.165) is 36.2 Å². The number of esters is 1. The highest BCUT2D eigenvalue weighted by atomic mass is 32.2. The third kappa shape index (κ3) is 5.70. The SMILES string of the molecule is CCOC(=O)c1c(NC(=O)CSc2nnc(-c3csc(C(C)C)c3)n2C(C)C)sc2c1CCC(C)C2. The Balaban J connectivity index is 1.51. The smallest absolute Gasteiger partial charge is 0.341 e. The van der Waals surface area contributed by atoms with Crippen LogP contribution in [-0.2, 0) is 22.4 Å². The van der Waals surface area contributed by atoms with Gasteiger partial charge < -0.3 is 10.1 Å². The van der Waals surface area contributed by atoms with Gasteiger partial charge in [0.1, 0.15) is 5.00 Å². The molecule has 3 heterocycles. The molecule has 0 aromatic carbocycles. The number of thioether (sulfide) groups is 1. The zero-order valence-electron chi connectivity index (χ0n) is 21.7. The number of fused-ring (bicyclic) bond motifs is 1. The lowest BCUT2D eigenvalue weighted by molar-refractivity contribution is -0.113. The fraction of sp³-hybridized carbons (Fsp3) is 0.538. The molecule has 0 saturated heterocycles. The number of anilines is 1. The zero-order chi connectivity index (χ0) is 26.0. The van der Waals surface area contributed by atoms with Crippen LogP contribution in [-0.4, -0.2) is 39.0 Å². The summed E-state index contributed by atoms with van der Waals surface area (Å²) in [7, 11) is 0. The maximum atomic E-state index is 13.0. The van der Waals surface area contributed by atoms with E-state index in [1.807, 2.05) is 0 Å². The molecule has 3 aromatic heterocycles. The van der Waals surface area contributed by atoms with Gasteiger partial charge in [0.25, 0.3) is 0 Å². The molecule has 0 spiro atoms. The van der Waals surface area contributed by atoms with Crippen molar-refractivity contribution in [3.63, 3.8) is 0 Å². The molecule has 0 fully saturated rings. The van der Waals surface area contributed by atoms with Crippen molar-refractivity contribution in [1.82, 2.24) is 14.8 Å². The molecule has 1 unspecified atom stereocenters. The van der Waals surface area contributed by atoms with E-state index in [2.05, 4.69) is 66.1 Å². The molecule has 4 rings (SSSR count). The van der Waals surface area contributed by atoms with Gasteiger partial charge in [0, 0.05) is 26.7 Å². The first-order valence-electron chi connectivity index (χ1n) is 12.5. The number of aromatic nitrogens is 3. The van der Waals surface area contributed by atoms with Crippen molar-refractivity contribution in [2.24, 2.45) is 5.92 Å². The van der Waals surface area contributed by atoms with Gasteiger partial charge in [0.15, 0.2) is 11.0 Å². The summed E-state index contributed by atoms with van der Waals surface area (Å²) in [6.45, 7) is 12.9. The van der Waals surface area contributed by atoms with Gasteiger partial charge >= 0.3 is 5.97 Å². The maximum Gasteiger partial charge on any atom is 0.341 e. The second-order valence-electron chi connectivity index (χ2n) is 9.78. The number of nitrogens with zero attached hydrogens (tertiary/aromatic N) is 3. The molecule has 194 valence electrons. The van der Waals surface area contributed by atoms with E-state index in [1.165, 1.54) is 32.9 Å². The molecule has 1 N–H and O–H groups in total. The largest absolute Gasteiger partial charge is 0.462 e. The van der Waals surface area contributed by atoms with Gasteiger partial charge in [0.2, 0.25) is 5.91 Å². The topological polar surface area (TPSA) is 86.1 Å². The summed E-state index contributed by atoms with van der Waals surface area (Å²) in [6.07, 6.45) is 2.81. The average Bonchev–Trinajstić information content (AvgIpc) is 3.53. The van der Waals surface area contributed by atoms with Crippen molar-refractivity contribution in [1.29, 1.82) is 0 Å². The molecule has 0 aliphatic heterocycles. The highest BCUT2D eigenvalue weighted by molar-refractivity contribution is 7.99. The number of amides is 1. The van der Waals surface area contributed by atoms with Crippen LogP contribution < -0.4 is 5.32 Å². The summed E-state index contributed by atoms with van der Waals surface area (Å²) in [4.78, 5) is 28.2. The van der Waals surface area contributed by atoms with Crippen LogP contribution in [0.5, 0.6) is 0 Å². The maximum absolute atomic E-state index is 13.0. The van der Waals surface area contributed by atoms with Gasteiger partial charge in [-0.3, -0.25) is 9.36 Å². The number of thiophene rings is 2. The first-order chi connectivity index (χ1) is 17.2. The number of nitrogens with one attached hydrogen (secondary N) is 1. The van der Waals surface area contributed by atoms with E-state index < -0.39 is 0 Å². The van der Waals surface area contributed by atoms with Gasteiger partial charge in [0.05, 0.1) is 17.9 Å². The van der Waals surface area contributed by atoms with E-state index in [0.29, 0.717) is 34.2 Å². The lowest BCUT2D eigenvalue weighted by atomic mass is 9.88. The predicted octanol–water partition coefficient (Wildman–Crippen LogP) is 6.80. The van der Waals surface area contributed by atoms with Crippen LogP contribution in [0.15, 0.2) is 16.6 Å². The van der Waals surface area contributed by atoms with Gasteiger partial charge in [-0.2, -0.15) is 0 Å². The summed E-state index contributed by atoms with van der Waals surface area (Å²) >= 11 is 4.60. The molecule has 10 heteroatoms. The molecule has 1 amide bonds. The van der Waals surface area contributed by atoms with Crippen molar-refractivity contribution in [3.8, 4) is 11.4 Å². The minimum atomic E-state index is -0.353. The van der Waals surface area contributed by atoms with Crippen LogP contribution in [0.1, 0.15) is 85.6 Å². The zero-order valence-corrected chi connectivity index (χ0v) is 24.2. The van der Waals surface area contributed by atoms with Crippen molar-refractivity contribution in [3.05, 3.63) is 32.3 Å². The third-order valence-corrected chi connectivity index (χ3v) is 9.55. The number of carbonyl (C=O) groups excluding carboxylic acids is 2. The van der Waals surface area contributed by atoms with Crippen LogP contribution in [0.2, 0.25) is 0 Å². The molecule has 0 radical (unpaired) electrons. The Bertz CT molecular complexity index is 1240. The molecular weight excluding hydrogens is 513 g/mol. The number of rotatable bonds is 9. The standard InChI is InChI=1S/C26H34N4O3S3/c1-7-33-25(32)22-18-9-8-16(6)10-20(18)36-24(22)27-21(31)13-35-26-29-28-23(30(26)15(4)5)17-11-19(14(2)3)34-12-17/h11-12,14-16H,7-10,13H2,1-6H3,(H,27,31). The average molecular weight is 547 g/mol. The second kappa shape index (κ2) is 11.5. The van der Waals surface area contributed by atoms with Crippen LogP contribution >= 0.6 is 34.4 Å². The highest BCUT2D eigenvalue weighted by Crippen LogP contribution is 2.40. The molecule has 0 bridgehead atoms. The van der Waals surface area contributed by atoms with E-state index >= 15 is 0 Å². The fourth-order valence-electron chi connectivity index (χ4n) is 4.36. The molecule has 1 atom stereocenters. The van der Waals surface area contributed by atoms with Crippen molar-refractivity contribution >= 4 is 51.3 Å². The molecule has 1 aliphatic rings. The third-order valence-electron chi connectivity index (χ3n) is 6.20. The lowest BCUT2D eigenvalue weighted by Crippen LogP contribution is -2.18. The van der Waals surface area contributed by atoms with Gasteiger partial charge in [-0.1, -0.05) is 32.5 Å². The minimum absolute atomic E-state index is 0.143. The summed E-state index contributed by atoms with van der Waals surface area (Å²) < 4.78 is 7.41. The quantitative estimate of drug-likeness (QED) is 0.234. The first kappa shape index (κ1) is 26.9. The number of ether oxygens (including phenoxy) is 1. The van der Waals surface area contributed by atoms with Crippen LogP contribution in [0.3, 0.4) is 0 Å². The van der Waals surface area contributed by atoms with Crippen LogP contribution in [0, 0.1) is 5.92 Å². The van der Waals surface area contributed by atoms with Crippen molar-refractivity contribution < 1.29 is 14.3 Å². The monoisotopic (exact) mass is 546 g/mol. The number of hydrogen-bond acceptors (Lipinski definition) is 8. The Labute approximate surface area is 225 Å². The second-order valence-corrected chi connectivity index (χ2v) is 12.8. The Hall–Kier alpha value is -2.17. The Kier molecular flexibility index (Phi) is 8.57. The Morgan fingerprint density at radius 2 is 2.06 bits per heavy atom. The van der Waals surface area contributed by atoms with Gasteiger partial charge in [-0.05, 0) is 63.5 Å². The van der Waals surface area contributed by atoms with Crippen LogP contribution in [0.4, 0.5) is 5.00 Å². The summed E-state index contributed by atoms with van der Waals surface area (Å²) in [5.74, 6) is 1.50. The molecule has 7 nitrogen and oxygen atoms in total.